The van der Waals surface area contributed by atoms with Crippen LogP contribution in [0.5, 0.6) is 0 Å². The summed E-state index contributed by atoms with van der Waals surface area (Å²) in [6.07, 6.45) is -0.604. The van der Waals surface area contributed by atoms with E-state index in [0.717, 1.165) is 0 Å². The first kappa shape index (κ1) is 12.1. The van der Waals surface area contributed by atoms with Crippen LogP contribution in [-0.2, 0) is 4.74 Å². The third-order valence-electron chi connectivity index (χ3n) is 2.15. The number of hydrogen-bond donors (Lipinski definition) is 1. The van der Waals surface area contributed by atoms with Crippen molar-refractivity contribution in [1.82, 2.24) is 0 Å². The summed E-state index contributed by atoms with van der Waals surface area (Å²) < 4.78 is 18.2. The highest BCUT2D eigenvalue weighted by Crippen LogP contribution is 2.17. The Kier molecular flexibility index (Phi) is 4.24. The SMILES string of the molecule is Cc1cc(C(O)COC(C)C)ccc1F. The van der Waals surface area contributed by atoms with Gasteiger partial charge in [0.05, 0.1) is 12.7 Å². The Hall–Kier alpha value is -0.930. The maximum Gasteiger partial charge on any atom is 0.126 e. The predicted molar refractivity (Wildman–Crippen MR) is 57.2 cm³/mol. The van der Waals surface area contributed by atoms with Crippen molar-refractivity contribution in [1.29, 1.82) is 0 Å². The van der Waals surface area contributed by atoms with Crippen LogP contribution in [0.3, 0.4) is 0 Å². The van der Waals surface area contributed by atoms with Crippen LogP contribution < -0.4 is 0 Å². The molecule has 1 unspecified atom stereocenters. The van der Waals surface area contributed by atoms with Crippen molar-refractivity contribution in [3.05, 3.63) is 35.1 Å². The van der Waals surface area contributed by atoms with Gasteiger partial charge in [-0.25, -0.2) is 4.39 Å². The second kappa shape index (κ2) is 5.24. The van der Waals surface area contributed by atoms with Crippen LogP contribution in [0, 0.1) is 12.7 Å². The molecule has 0 spiro atoms. The smallest absolute Gasteiger partial charge is 0.126 e. The molecule has 0 aliphatic heterocycles. The second-order valence-corrected chi connectivity index (χ2v) is 3.91. The second-order valence-electron chi connectivity index (χ2n) is 3.91. The van der Waals surface area contributed by atoms with Gasteiger partial charge in [0.1, 0.15) is 11.9 Å². The van der Waals surface area contributed by atoms with E-state index >= 15 is 0 Å². The molecule has 1 aromatic carbocycles. The number of ether oxygens (including phenoxy) is 1. The zero-order chi connectivity index (χ0) is 11.4. The summed E-state index contributed by atoms with van der Waals surface area (Å²) in [6, 6.07) is 4.59. The minimum Gasteiger partial charge on any atom is -0.386 e. The van der Waals surface area contributed by atoms with Crippen LogP contribution in [0.1, 0.15) is 31.1 Å². The number of aryl methyl sites for hydroxylation is 1. The van der Waals surface area contributed by atoms with E-state index in [4.69, 9.17) is 4.74 Å². The molecule has 1 N–H and O–H groups in total. The Morgan fingerprint density at radius 2 is 2.07 bits per heavy atom. The number of benzene rings is 1. The molecular weight excluding hydrogens is 195 g/mol. The molecule has 1 atom stereocenters. The van der Waals surface area contributed by atoms with E-state index in [9.17, 15) is 9.50 Å². The van der Waals surface area contributed by atoms with E-state index in [1.165, 1.54) is 6.07 Å². The Bertz CT molecular complexity index is 323. The van der Waals surface area contributed by atoms with Gasteiger partial charge in [0.15, 0.2) is 0 Å². The molecule has 0 heterocycles. The van der Waals surface area contributed by atoms with Gasteiger partial charge in [-0.2, -0.15) is 0 Å². The summed E-state index contributed by atoms with van der Waals surface area (Å²) in [6.45, 7) is 5.73. The van der Waals surface area contributed by atoms with Gasteiger partial charge in [-0.3, -0.25) is 0 Å². The molecule has 0 aromatic heterocycles. The van der Waals surface area contributed by atoms with Gasteiger partial charge in [0.25, 0.3) is 0 Å². The molecule has 2 nitrogen and oxygen atoms in total. The van der Waals surface area contributed by atoms with Crippen molar-refractivity contribution in [2.45, 2.75) is 33.0 Å². The first-order valence-corrected chi connectivity index (χ1v) is 5.06. The summed E-state index contributed by atoms with van der Waals surface area (Å²) in [7, 11) is 0. The monoisotopic (exact) mass is 212 g/mol. The third kappa shape index (κ3) is 3.61. The van der Waals surface area contributed by atoms with Gasteiger partial charge in [-0.15, -0.1) is 0 Å². The fraction of sp³-hybridized carbons (Fsp3) is 0.500. The van der Waals surface area contributed by atoms with Gasteiger partial charge in [0, 0.05) is 0 Å². The fourth-order valence-electron chi connectivity index (χ4n) is 1.25. The Morgan fingerprint density at radius 1 is 1.40 bits per heavy atom. The van der Waals surface area contributed by atoms with Crippen LogP contribution in [0.15, 0.2) is 18.2 Å². The molecule has 15 heavy (non-hydrogen) atoms. The van der Waals surface area contributed by atoms with Crippen LogP contribution in [-0.4, -0.2) is 17.8 Å². The van der Waals surface area contributed by atoms with Gasteiger partial charge in [-0.05, 0) is 38.0 Å². The fourth-order valence-corrected chi connectivity index (χ4v) is 1.25. The van der Waals surface area contributed by atoms with E-state index in [1.54, 1.807) is 19.1 Å². The summed E-state index contributed by atoms with van der Waals surface area (Å²) >= 11 is 0. The van der Waals surface area contributed by atoms with Gasteiger partial charge < -0.3 is 9.84 Å². The number of aliphatic hydroxyl groups excluding tert-OH is 1. The standard InChI is InChI=1S/C12H17FO2/c1-8(2)15-7-12(14)10-4-5-11(13)9(3)6-10/h4-6,8,12,14H,7H2,1-3H3. The van der Waals surface area contributed by atoms with Gasteiger partial charge >= 0.3 is 0 Å². The Labute approximate surface area is 89.7 Å². The number of aliphatic hydroxyl groups is 1. The van der Waals surface area contributed by atoms with E-state index in [-0.39, 0.29) is 18.5 Å². The molecule has 0 saturated carbocycles. The quantitative estimate of drug-likeness (QED) is 0.831. The maximum atomic E-state index is 13.0. The van der Waals surface area contributed by atoms with Crippen molar-refractivity contribution in [2.75, 3.05) is 6.61 Å². The molecule has 0 amide bonds. The van der Waals surface area contributed by atoms with Crippen molar-refractivity contribution in [2.24, 2.45) is 0 Å². The molecule has 0 bridgehead atoms. The molecular formula is C12H17FO2. The van der Waals surface area contributed by atoms with E-state index in [0.29, 0.717) is 11.1 Å². The van der Waals surface area contributed by atoms with Crippen LogP contribution >= 0.6 is 0 Å². The highest BCUT2D eigenvalue weighted by Gasteiger charge is 2.10. The molecule has 3 heteroatoms. The average molecular weight is 212 g/mol. The summed E-state index contributed by atoms with van der Waals surface area (Å²) in [5.74, 6) is -0.254. The van der Waals surface area contributed by atoms with Crippen LogP contribution in [0.25, 0.3) is 0 Å². The predicted octanol–water partition coefficient (Wildman–Crippen LogP) is 2.59. The lowest BCUT2D eigenvalue weighted by molar-refractivity contribution is 0.00489. The van der Waals surface area contributed by atoms with Crippen molar-refractivity contribution >= 4 is 0 Å². The van der Waals surface area contributed by atoms with Crippen LogP contribution in [0.4, 0.5) is 4.39 Å². The number of halogens is 1. The molecule has 0 fully saturated rings. The van der Waals surface area contributed by atoms with E-state index in [2.05, 4.69) is 0 Å². The zero-order valence-electron chi connectivity index (χ0n) is 9.33. The molecule has 0 saturated heterocycles. The number of rotatable bonds is 4. The lowest BCUT2D eigenvalue weighted by Gasteiger charge is -2.14. The highest BCUT2D eigenvalue weighted by atomic mass is 19.1. The zero-order valence-corrected chi connectivity index (χ0v) is 9.33. The summed E-state index contributed by atoms with van der Waals surface area (Å²) in [5, 5.41) is 9.74. The van der Waals surface area contributed by atoms with Crippen molar-refractivity contribution in [3.63, 3.8) is 0 Å². The minimum absolute atomic E-state index is 0.0844. The minimum atomic E-state index is -0.688. The molecule has 1 aromatic rings. The Balaban J connectivity index is 2.65. The normalized spacial score (nSPS) is 13.2. The lowest BCUT2D eigenvalue weighted by Crippen LogP contribution is -2.12. The van der Waals surface area contributed by atoms with E-state index in [1.807, 2.05) is 13.8 Å². The van der Waals surface area contributed by atoms with Crippen LogP contribution in [0.2, 0.25) is 0 Å². The lowest BCUT2D eigenvalue weighted by atomic mass is 10.1. The average Bonchev–Trinajstić information content (AvgIpc) is 2.18. The summed E-state index contributed by atoms with van der Waals surface area (Å²) in [4.78, 5) is 0. The molecule has 0 radical (unpaired) electrons. The van der Waals surface area contributed by atoms with Crippen molar-refractivity contribution in [3.8, 4) is 0 Å². The maximum absolute atomic E-state index is 13.0. The molecule has 84 valence electrons. The third-order valence-corrected chi connectivity index (χ3v) is 2.15. The van der Waals surface area contributed by atoms with Gasteiger partial charge in [0.2, 0.25) is 0 Å². The molecule has 0 aliphatic rings. The Morgan fingerprint density at radius 3 is 2.60 bits per heavy atom. The first-order valence-electron chi connectivity index (χ1n) is 5.06. The first-order chi connectivity index (χ1) is 7.00. The van der Waals surface area contributed by atoms with Gasteiger partial charge in [-0.1, -0.05) is 12.1 Å². The molecule has 1 rings (SSSR count). The summed E-state index contributed by atoms with van der Waals surface area (Å²) in [5.41, 5.74) is 1.23. The highest BCUT2D eigenvalue weighted by molar-refractivity contribution is 5.25. The number of hydrogen-bond acceptors (Lipinski definition) is 2. The topological polar surface area (TPSA) is 29.5 Å². The molecule has 0 aliphatic carbocycles. The largest absolute Gasteiger partial charge is 0.386 e. The van der Waals surface area contributed by atoms with Crippen molar-refractivity contribution < 1.29 is 14.2 Å². The van der Waals surface area contributed by atoms with E-state index < -0.39 is 6.10 Å².